The zero-order valence-electron chi connectivity index (χ0n) is 11.2. The maximum atomic E-state index is 5.79. The molecule has 19 heavy (non-hydrogen) atoms. The van der Waals surface area contributed by atoms with Crippen molar-refractivity contribution in [3.05, 3.63) is 12.5 Å². The van der Waals surface area contributed by atoms with Crippen LogP contribution in [0, 0.1) is 0 Å². The topological polar surface area (TPSA) is 64.9 Å². The fourth-order valence-corrected chi connectivity index (χ4v) is 2.52. The van der Waals surface area contributed by atoms with Crippen molar-refractivity contribution in [2.45, 2.75) is 31.7 Å². The summed E-state index contributed by atoms with van der Waals surface area (Å²) in [7, 11) is 1.87. The van der Waals surface area contributed by atoms with Gasteiger partial charge in [-0.25, -0.2) is 9.97 Å². The number of piperidine rings is 1. The molecule has 0 radical (unpaired) electrons. The maximum absolute atomic E-state index is 5.79. The zero-order valence-corrected chi connectivity index (χ0v) is 11.2. The Morgan fingerprint density at radius 3 is 3.21 bits per heavy atom. The quantitative estimate of drug-likeness (QED) is 0.898. The summed E-state index contributed by atoms with van der Waals surface area (Å²) >= 11 is 0. The number of aryl methyl sites for hydroxylation is 1. The molecule has 0 spiro atoms. The summed E-state index contributed by atoms with van der Waals surface area (Å²) in [5, 5.41) is 8.57. The van der Waals surface area contributed by atoms with Crippen LogP contribution in [0.4, 0.5) is 0 Å². The summed E-state index contributed by atoms with van der Waals surface area (Å²) in [6.07, 6.45) is 8.15. The highest BCUT2D eigenvalue weighted by atomic mass is 16.5. The minimum atomic E-state index is 0.583. The number of fused-ring (bicyclic) bond motifs is 1. The third-order valence-corrected chi connectivity index (χ3v) is 3.61. The van der Waals surface area contributed by atoms with Gasteiger partial charge in [-0.3, -0.25) is 4.68 Å². The lowest BCUT2D eigenvalue weighted by Crippen LogP contribution is -2.35. The normalized spacial score (nSPS) is 19.7. The average molecular weight is 261 g/mol. The van der Waals surface area contributed by atoms with Crippen molar-refractivity contribution < 1.29 is 4.74 Å². The van der Waals surface area contributed by atoms with Crippen LogP contribution in [0.1, 0.15) is 25.7 Å². The van der Waals surface area contributed by atoms with E-state index in [9.17, 15) is 0 Å². The zero-order chi connectivity index (χ0) is 13.1. The summed E-state index contributed by atoms with van der Waals surface area (Å²) in [5.41, 5.74) is 0.806. The van der Waals surface area contributed by atoms with Crippen LogP contribution in [0.15, 0.2) is 12.5 Å². The van der Waals surface area contributed by atoms with Crippen LogP contribution in [-0.2, 0) is 7.05 Å². The van der Waals surface area contributed by atoms with Crippen LogP contribution in [0.5, 0.6) is 5.88 Å². The smallest absolute Gasteiger partial charge is 0.227 e. The first-order valence-electron chi connectivity index (χ1n) is 6.83. The molecule has 1 N–H and O–H groups in total. The molecule has 0 aliphatic carbocycles. The third kappa shape index (κ3) is 2.68. The number of aromatic nitrogens is 4. The molecular weight excluding hydrogens is 242 g/mol. The molecule has 102 valence electrons. The van der Waals surface area contributed by atoms with Crippen molar-refractivity contribution in [2.75, 3.05) is 13.2 Å². The van der Waals surface area contributed by atoms with Crippen molar-refractivity contribution in [2.24, 2.45) is 7.05 Å². The number of nitrogens with one attached hydrogen (secondary N) is 1. The van der Waals surface area contributed by atoms with Crippen LogP contribution in [0.25, 0.3) is 11.0 Å². The summed E-state index contributed by atoms with van der Waals surface area (Å²) < 4.78 is 7.52. The van der Waals surface area contributed by atoms with E-state index in [-0.39, 0.29) is 0 Å². The Kier molecular flexibility index (Phi) is 3.59. The van der Waals surface area contributed by atoms with Gasteiger partial charge < -0.3 is 10.1 Å². The highest BCUT2D eigenvalue weighted by Gasteiger charge is 2.13. The Morgan fingerprint density at radius 1 is 1.42 bits per heavy atom. The molecule has 1 aliphatic heterocycles. The highest BCUT2D eigenvalue weighted by molar-refractivity contribution is 5.79. The molecule has 1 atom stereocenters. The van der Waals surface area contributed by atoms with Crippen LogP contribution >= 0.6 is 0 Å². The van der Waals surface area contributed by atoms with Gasteiger partial charge in [-0.2, -0.15) is 5.10 Å². The standard InChI is InChI=1S/C13H19N5O/c1-18-12-11(8-17-18)13(16-9-15-12)19-7-5-10-4-2-3-6-14-10/h8-10,14H,2-7H2,1H3. The predicted octanol–water partition coefficient (Wildman–Crippen LogP) is 1.27. The van der Waals surface area contributed by atoms with E-state index in [1.54, 1.807) is 10.9 Å². The third-order valence-electron chi connectivity index (χ3n) is 3.61. The summed E-state index contributed by atoms with van der Waals surface area (Å²) in [6, 6.07) is 0.583. The Bertz CT molecular complexity index is 547. The van der Waals surface area contributed by atoms with Crippen molar-refractivity contribution in [1.82, 2.24) is 25.1 Å². The lowest BCUT2D eigenvalue weighted by Gasteiger charge is -2.23. The Morgan fingerprint density at radius 2 is 2.37 bits per heavy atom. The van der Waals surface area contributed by atoms with Crippen LogP contribution in [0.3, 0.4) is 0 Å². The second-order valence-corrected chi connectivity index (χ2v) is 4.97. The van der Waals surface area contributed by atoms with E-state index in [0.29, 0.717) is 18.5 Å². The first kappa shape index (κ1) is 12.3. The molecule has 1 saturated heterocycles. The molecule has 0 aromatic carbocycles. The van der Waals surface area contributed by atoms with Gasteiger partial charge in [-0.15, -0.1) is 0 Å². The molecule has 1 unspecified atom stereocenters. The lowest BCUT2D eigenvalue weighted by molar-refractivity contribution is 0.263. The minimum absolute atomic E-state index is 0.583. The molecule has 3 heterocycles. The molecule has 0 saturated carbocycles. The maximum Gasteiger partial charge on any atom is 0.227 e. The van der Waals surface area contributed by atoms with E-state index >= 15 is 0 Å². The molecule has 1 aliphatic rings. The fourth-order valence-electron chi connectivity index (χ4n) is 2.52. The fraction of sp³-hybridized carbons (Fsp3) is 0.615. The van der Waals surface area contributed by atoms with E-state index in [0.717, 1.165) is 24.0 Å². The van der Waals surface area contributed by atoms with Gasteiger partial charge in [-0.05, 0) is 25.8 Å². The van der Waals surface area contributed by atoms with Gasteiger partial charge in [0.15, 0.2) is 5.65 Å². The van der Waals surface area contributed by atoms with E-state index in [4.69, 9.17) is 4.74 Å². The van der Waals surface area contributed by atoms with Gasteiger partial charge in [0, 0.05) is 13.1 Å². The number of hydrogen-bond acceptors (Lipinski definition) is 5. The molecule has 2 aromatic heterocycles. The highest BCUT2D eigenvalue weighted by Crippen LogP contribution is 2.20. The van der Waals surface area contributed by atoms with Gasteiger partial charge in [0.05, 0.1) is 12.8 Å². The SMILES string of the molecule is Cn1ncc2c(OCCC3CCCCN3)ncnc21. The van der Waals surface area contributed by atoms with Gasteiger partial charge in [0.25, 0.3) is 0 Å². The van der Waals surface area contributed by atoms with Gasteiger partial charge in [0.1, 0.15) is 11.7 Å². The number of hydrogen-bond donors (Lipinski definition) is 1. The summed E-state index contributed by atoms with van der Waals surface area (Å²) in [6.45, 7) is 1.81. The Hall–Kier alpha value is -1.69. The molecule has 2 aromatic rings. The minimum Gasteiger partial charge on any atom is -0.477 e. The van der Waals surface area contributed by atoms with Gasteiger partial charge >= 0.3 is 0 Å². The van der Waals surface area contributed by atoms with E-state index in [1.807, 2.05) is 7.05 Å². The molecule has 6 heteroatoms. The molecule has 3 rings (SSSR count). The summed E-state index contributed by atoms with van der Waals surface area (Å²) in [5.74, 6) is 0.633. The van der Waals surface area contributed by atoms with Crippen molar-refractivity contribution in [3.63, 3.8) is 0 Å². The second kappa shape index (κ2) is 5.52. The van der Waals surface area contributed by atoms with Crippen molar-refractivity contribution in [1.29, 1.82) is 0 Å². The lowest BCUT2D eigenvalue weighted by atomic mass is 10.0. The molecule has 1 fully saturated rings. The number of nitrogens with zero attached hydrogens (tertiary/aromatic N) is 4. The number of ether oxygens (including phenoxy) is 1. The van der Waals surface area contributed by atoms with Gasteiger partial charge in [-0.1, -0.05) is 6.42 Å². The first-order valence-corrected chi connectivity index (χ1v) is 6.83. The second-order valence-electron chi connectivity index (χ2n) is 4.97. The number of rotatable bonds is 4. The van der Waals surface area contributed by atoms with Crippen LogP contribution in [0.2, 0.25) is 0 Å². The first-order chi connectivity index (χ1) is 9.34. The molecule has 0 amide bonds. The van der Waals surface area contributed by atoms with E-state index in [1.165, 1.54) is 25.6 Å². The largest absolute Gasteiger partial charge is 0.477 e. The van der Waals surface area contributed by atoms with Crippen LogP contribution in [-0.4, -0.2) is 38.9 Å². The molecular formula is C13H19N5O. The van der Waals surface area contributed by atoms with E-state index in [2.05, 4.69) is 20.4 Å². The predicted molar refractivity (Wildman–Crippen MR) is 72.1 cm³/mol. The van der Waals surface area contributed by atoms with Crippen LogP contribution < -0.4 is 10.1 Å². The van der Waals surface area contributed by atoms with E-state index < -0.39 is 0 Å². The average Bonchev–Trinajstić information content (AvgIpc) is 2.83. The Labute approximate surface area is 112 Å². The molecule has 0 bridgehead atoms. The van der Waals surface area contributed by atoms with Crippen molar-refractivity contribution in [3.8, 4) is 5.88 Å². The van der Waals surface area contributed by atoms with Crippen molar-refractivity contribution >= 4 is 11.0 Å². The summed E-state index contributed by atoms with van der Waals surface area (Å²) in [4.78, 5) is 8.39. The molecule has 6 nitrogen and oxygen atoms in total. The van der Waals surface area contributed by atoms with Gasteiger partial charge in [0.2, 0.25) is 5.88 Å². The monoisotopic (exact) mass is 261 g/mol. The Balaban J connectivity index is 1.62.